The van der Waals surface area contributed by atoms with Crippen LogP contribution in [0.25, 0.3) is 0 Å². The third kappa shape index (κ3) is 3.35. The molecule has 2 rings (SSSR count). The largest absolute Gasteiger partial charge is 0.478 e. The summed E-state index contributed by atoms with van der Waals surface area (Å²) in [5, 5.41) is 11.8. The minimum Gasteiger partial charge on any atom is -0.478 e. The van der Waals surface area contributed by atoms with Gasteiger partial charge in [0.05, 0.1) is 5.56 Å². The molecule has 2 N–H and O–H groups in total. The molecule has 2 unspecified atom stereocenters. The van der Waals surface area contributed by atoms with Crippen molar-refractivity contribution in [1.82, 2.24) is 4.90 Å². The highest BCUT2D eigenvalue weighted by atomic mass is 16.4. The first-order valence-corrected chi connectivity index (χ1v) is 7.31. The molecule has 1 aliphatic heterocycles. The monoisotopic (exact) mass is 290 g/mol. The van der Waals surface area contributed by atoms with Crippen molar-refractivity contribution >= 4 is 17.7 Å². The molecule has 0 saturated carbocycles. The van der Waals surface area contributed by atoms with Crippen LogP contribution in [0.2, 0.25) is 0 Å². The molecule has 114 valence electrons. The maximum Gasteiger partial charge on any atom is 0.335 e. The highest BCUT2D eigenvalue weighted by Gasteiger charge is 2.28. The van der Waals surface area contributed by atoms with E-state index in [0.717, 1.165) is 24.9 Å². The van der Waals surface area contributed by atoms with Crippen molar-refractivity contribution in [2.45, 2.75) is 39.7 Å². The molecule has 5 heteroatoms. The minimum absolute atomic E-state index is 0.111. The van der Waals surface area contributed by atoms with Crippen molar-refractivity contribution < 1.29 is 14.7 Å². The third-order valence-corrected chi connectivity index (χ3v) is 4.35. The van der Waals surface area contributed by atoms with E-state index in [9.17, 15) is 9.59 Å². The molecular weight excluding hydrogens is 268 g/mol. The molecule has 1 aromatic carbocycles. The smallest absolute Gasteiger partial charge is 0.335 e. The standard InChI is InChI=1S/C16H22N2O3/c1-10-5-4-8-18(12(10)3)16(21)17-14-7-6-13(15(19)20)9-11(14)2/h6-7,9-10,12H,4-5,8H2,1-3H3,(H,17,21)(H,19,20). The van der Waals surface area contributed by atoms with E-state index in [2.05, 4.69) is 19.2 Å². The van der Waals surface area contributed by atoms with Crippen LogP contribution in [0.15, 0.2) is 18.2 Å². The number of piperidine rings is 1. The van der Waals surface area contributed by atoms with E-state index >= 15 is 0 Å². The number of urea groups is 1. The Morgan fingerprint density at radius 1 is 1.33 bits per heavy atom. The van der Waals surface area contributed by atoms with Gasteiger partial charge in [-0.15, -0.1) is 0 Å². The number of benzene rings is 1. The molecule has 0 radical (unpaired) electrons. The van der Waals surface area contributed by atoms with E-state index in [1.807, 2.05) is 4.90 Å². The number of carboxylic acids is 1. The van der Waals surface area contributed by atoms with E-state index in [0.29, 0.717) is 11.6 Å². The number of anilines is 1. The van der Waals surface area contributed by atoms with Gasteiger partial charge in [-0.25, -0.2) is 9.59 Å². The fraction of sp³-hybridized carbons (Fsp3) is 0.500. The molecule has 1 aromatic rings. The molecule has 1 aliphatic rings. The second-order valence-corrected chi connectivity index (χ2v) is 5.82. The van der Waals surface area contributed by atoms with Gasteiger partial charge in [0.25, 0.3) is 0 Å². The predicted octanol–water partition coefficient (Wildman–Crippen LogP) is 3.35. The first-order valence-electron chi connectivity index (χ1n) is 7.31. The van der Waals surface area contributed by atoms with Crippen LogP contribution in [-0.4, -0.2) is 34.6 Å². The Morgan fingerprint density at radius 3 is 2.67 bits per heavy atom. The summed E-state index contributed by atoms with van der Waals surface area (Å²) in [6, 6.07) is 4.83. The fourth-order valence-electron chi connectivity index (χ4n) is 2.75. The normalized spacial score (nSPS) is 22.0. The van der Waals surface area contributed by atoms with Crippen molar-refractivity contribution in [1.29, 1.82) is 0 Å². The van der Waals surface area contributed by atoms with Crippen LogP contribution in [-0.2, 0) is 0 Å². The van der Waals surface area contributed by atoms with Crippen molar-refractivity contribution in [2.24, 2.45) is 5.92 Å². The van der Waals surface area contributed by atoms with Gasteiger partial charge in [0.2, 0.25) is 0 Å². The van der Waals surface area contributed by atoms with Crippen LogP contribution in [0.5, 0.6) is 0 Å². The zero-order valence-electron chi connectivity index (χ0n) is 12.7. The lowest BCUT2D eigenvalue weighted by atomic mass is 9.92. The lowest BCUT2D eigenvalue weighted by molar-refractivity contribution is 0.0697. The Balaban J connectivity index is 2.10. The molecule has 0 bridgehead atoms. The summed E-state index contributed by atoms with van der Waals surface area (Å²) in [6.45, 7) is 6.80. The molecule has 1 fully saturated rings. The average molecular weight is 290 g/mol. The number of rotatable bonds is 2. The number of hydrogen-bond acceptors (Lipinski definition) is 2. The number of nitrogens with zero attached hydrogens (tertiary/aromatic N) is 1. The Morgan fingerprint density at radius 2 is 2.05 bits per heavy atom. The summed E-state index contributed by atoms with van der Waals surface area (Å²) in [7, 11) is 0. The van der Waals surface area contributed by atoms with Crippen LogP contribution in [0.1, 0.15) is 42.6 Å². The summed E-state index contributed by atoms with van der Waals surface area (Å²) < 4.78 is 0. The summed E-state index contributed by atoms with van der Waals surface area (Å²) in [4.78, 5) is 25.2. The van der Waals surface area contributed by atoms with Gasteiger partial charge in [-0.05, 0) is 56.4 Å². The Hall–Kier alpha value is -2.04. The molecule has 5 nitrogen and oxygen atoms in total. The fourth-order valence-corrected chi connectivity index (χ4v) is 2.75. The van der Waals surface area contributed by atoms with Crippen LogP contribution in [0, 0.1) is 12.8 Å². The predicted molar refractivity (Wildman–Crippen MR) is 81.7 cm³/mol. The molecule has 0 aromatic heterocycles. The van der Waals surface area contributed by atoms with Gasteiger partial charge in [0.1, 0.15) is 0 Å². The van der Waals surface area contributed by atoms with Gasteiger partial charge in [-0.1, -0.05) is 6.92 Å². The van der Waals surface area contributed by atoms with E-state index in [1.54, 1.807) is 19.1 Å². The number of nitrogens with one attached hydrogen (secondary N) is 1. The quantitative estimate of drug-likeness (QED) is 0.877. The van der Waals surface area contributed by atoms with Gasteiger partial charge in [0, 0.05) is 18.3 Å². The topological polar surface area (TPSA) is 69.6 Å². The molecular formula is C16H22N2O3. The van der Waals surface area contributed by atoms with Crippen LogP contribution in [0.3, 0.4) is 0 Å². The highest BCUT2D eigenvalue weighted by molar-refractivity contribution is 5.92. The maximum atomic E-state index is 12.4. The Bertz CT molecular complexity index is 556. The first kappa shape index (κ1) is 15.4. The van der Waals surface area contributed by atoms with E-state index in [4.69, 9.17) is 5.11 Å². The second-order valence-electron chi connectivity index (χ2n) is 5.82. The van der Waals surface area contributed by atoms with Gasteiger partial charge < -0.3 is 15.3 Å². The molecule has 1 saturated heterocycles. The lowest BCUT2D eigenvalue weighted by Gasteiger charge is -2.37. The number of carboxylic acid groups (broad SMARTS) is 1. The van der Waals surface area contributed by atoms with Gasteiger partial charge >= 0.3 is 12.0 Å². The second kappa shape index (κ2) is 6.16. The van der Waals surface area contributed by atoms with Crippen molar-refractivity contribution in [2.75, 3.05) is 11.9 Å². The number of amides is 2. The van der Waals surface area contributed by atoms with E-state index in [-0.39, 0.29) is 17.6 Å². The molecule has 2 amide bonds. The molecule has 1 heterocycles. The number of likely N-dealkylation sites (tertiary alicyclic amines) is 1. The Kier molecular flexibility index (Phi) is 4.50. The lowest BCUT2D eigenvalue weighted by Crippen LogP contribution is -2.47. The number of carbonyl (C=O) groups excluding carboxylic acids is 1. The van der Waals surface area contributed by atoms with Crippen LogP contribution >= 0.6 is 0 Å². The van der Waals surface area contributed by atoms with Crippen molar-refractivity contribution in [3.05, 3.63) is 29.3 Å². The van der Waals surface area contributed by atoms with E-state index in [1.165, 1.54) is 6.07 Å². The third-order valence-electron chi connectivity index (χ3n) is 4.35. The maximum absolute atomic E-state index is 12.4. The number of aryl methyl sites for hydroxylation is 1. The number of hydrogen-bond donors (Lipinski definition) is 2. The Labute approximate surface area is 125 Å². The zero-order valence-corrected chi connectivity index (χ0v) is 12.7. The summed E-state index contributed by atoms with van der Waals surface area (Å²) in [5.41, 5.74) is 1.64. The van der Waals surface area contributed by atoms with Crippen molar-refractivity contribution in [3.8, 4) is 0 Å². The molecule has 21 heavy (non-hydrogen) atoms. The summed E-state index contributed by atoms with van der Waals surface area (Å²) in [6.07, 6.45) is 2.17. The first-order chi connectivity index (χ1) is 9.90. The number of aromatic carboxylic acids is 1. The number of carbonyl (C=O) groups is 2. The van der Waals surface area contributed by atoms with Crippen LogP contribution in [0.4, 0.5) is 10.5 Å². The zero-order chi connectivity index (χ0) is 15.6. The van der Waals surface area contributed by atoms with Gasteiger partial charge in [-0.3, -0.25) is 0 Å². The SMILES string of the molecule is Cc1cc(C(=O)O)ccc1NC(=O)N1CCCC(C)C1C. The van der Waals surface area contributed by atoms with Crippen molar-refractivity contribution in [3.63, 3.8) is 0 Å². The summed E-state index contributed by atoms with van der Waals surface area (Å²) >= 11 is 0. The molecule has 0 aliphatic carbocycles. The average Bonchev–Trinajstić information content (AvgIpc) is 2.43. The summed E-state index contributed by atoms with van der Waals surface area (Å²) in [5.74, 6) is -0.463. The highest BCUT2D eigenvalue weighted by Crippen LogP contribution is 2.24. The molecule has 0 spiro atoms. The van der Waals surface area contributed by atoms with E-state index < -0.39 is 5.97 Å². The molecule has 2 atom stereocenters. The minimum atomic E-state index is -0.963. The van der Waals surface area contributed by atoms with Gasteiger partial charge in [-0.2, -0.15) is 0 Å². The van der Waals surface area contributed by atoms with Gasteiger partial charge in [0.15, 0.2) is 0 Å². The van der Waals surface area contributed by atoms with Crippen LogP contribution < -0.4 is 5.32 Å².